The molecule has 0 heterocycles. The van der Waals surface area contributed by atoms with Crippen LogP contribution >= 0.6 is 16.3 Å². The van der Waals surface area contributed by atoms with Crippen molar-refractivity contribution in [1.82, 2.24) is 0 Å². The Hall–Kier alpha value is -0.515. The summed E-state index contributed by atoms with van der Waals surface area (Å²) in [6.07, 6.45) is 0. The molecule has 0 aliphatic heterocycles. The maximum atomic E-state index is 8.82. The predicted molar refractivity (Wildman–Crippen MR) is 45.1 cm³/mol. The van der Waals surface area contributed by atoms with E-state index in [1.165, 1.54) is 0 Å². The first-order valence-electron chi connectivity index (χ1n) is 3.00. The van der Waals surface area contributed by atoms with Gasteiger partial charge in [-0.3, -0.25) is 3.75 Å². The summed E-state index contributed by atoms with van der Waals surface area (Å²) >= 11 is 2.60. The van der Waals surface area contributed by atoms with Crippen LogP contribution in [-0.4, -0.2) is 12.3 Å². The van der Waals surface area contributed by atoms with Gasteiger partial charge >= 0.3 is 7.32 Å². The summed E-state index contributed by atoms with van der Waals surface area (Å²) in [6, 6.07) is 8.89. The molecule has 1 N–H and O–H groups in total. The minimum Gasteiger partial charge on any atom is -0.511 e. The first-order chi connectivity index (χ1) is 5.33. The summed E-state index contributed by atoms with van der Waals surface area (Å²) in [4.78, 5) is 0. The largest absolute Gasteiger partial charge is 0.721 e. The Kier molecular flexibility index (Phi) is 3.42. The Bertz CT molecular complexity index is 206. The van der Waals surface area contributed by atoms with Crippen molar-refractivity contribution in [3.05, 3.63) is 30.3 Å². The van der Waals surface area contributed by atoms with Crippen molar-refractivity contribution < 1.29 is 13.4 Å². The van der Waals surface area contributed by atoms with E-state index in [1.54, 1.807) is 24.3 Å². The van der Waals surface area contributed by atoms with Gasteiger partial charge in [0.05, 0.1) is 16.3 Å². The zero-order chi connectivity index (χ0) is 8.10. The average molecular weight is 217 g/mol. The van der Waals surface area contributed by atoms with Crippen LogP contribution in [0.3, 0.4) is 0 Å². The molecule has 5 heteroatoms. The quantitative estimate of drug-likeness (QED) is 0.776. The molecule has 0 bridgehead atoms. The molecule has 0 saturated carbocycles. The molecular formula is C6H6BBrO3. The molecule has 0 radical (unpaired) electrons. The van der Waals surface area contributed by atoms with Crippen molar-refractivity contribution in [1.29, 1.82) is 0 Å². The second-order valence-electron chi connectivity index (χ2n) is 1.83. The van der Waals surface area contributed by atoms with Gasteiger partial charge in [0.2, 0.25) is 0 Å². The summed E-state index contributed by atoms with van der Waals surface area (Å²) < 4.78 is 9.15. The lowest BCUT2D eigenvalue weighted by atomic mass is 10.2. The van der Waals surface area contributed by atoms with Crippen LogP contribution in [0.15, 0.2) is 30.3 Å². The minimum absolute atomic E-state index is 0.555. The molecule has 0 aliphatic rings. The number of hydrogen-bond donors (Lipinski definition) is 1. The fourth-order valence-electron chi connectivity index (χ4n) is 0.634. The molecule has 0 fully saturated rings. The van der Waals surface area contributed by atoms with Crippen LogP contribution in [-0.2, 0) is 3.75 Å². The van der Waals surface area contributed by atoms with Gasteiger partial charge in [0.25, 0.3) is 0 Å². The molecule has 1 aromatic carbocycles. The fraction of sp³-hybridized carbons (Fsp3) is 0. The van der Waals surface area contributed by atoms with Gasteiger partial charge in [0.1, 0.15) is 5.75 Å². The topological polar surface area (TPSA) is 38.7 Å². The Balaban J connectivity index is 2.51. The van der Waals surface area contributed by atoms with Gasteiger partial charge in [-0.2, -0.15) is 0 Å². The molecule has 0 amide bonds. The summed E-state index contributed by atoms with van der Waals surface area (Å²) in [5.74, 6) is 0.555. The standard InChI is InChI=1S/C6H6BBrO3/c8-11-7(9)10-6-4-2-1-3-5-6/h1-5,9H. The van der Waals surface area contributed by atoms with E-state index in [4.69, 9.17) is 9.68 Å². The summed E-state index contributed by atoms with van der Waals surface area (Å²) in [7, 11) is -1.27. The first-order valence-corrected chi connectivity index (χ1v) is 3.65. The maximum Gasteiger partial charge on any atom is 0.721 e. The van der Waals surface area contributed by atoms with Gasteiger partial charge in [-0.25, -0.2) is 0 Å². The lowest BCUT2D eigenvalue weighted by Gasteiger charge is -2.04. The molecule has 0 aliphatic carbocycles. The molecule has 0 spiro atoms. The van der Waals surface area contributed by atoms with Gasteiger partial charge in [-0.1, -0.05) is 18.2 Å². The van der Waals surface area contributed by atoms with E-state index in [9.17, 15) is 0 Å². The van der Waals surface area contributed by atoms with E-state index in [2.05, 4.69) is 20.0 Å². The normalized spacial score (nSPS) is 9.27. The average Bonchev–Trinajstić information content (AvgIpc) is 2.06. The molecule has 3 nitrogen and oxygen atoms in total. The molecular weight excluding hydrogens is 211 g/mol. The highest BCUT2D eigenvalue weighted by Gasteiger charge is 2.16. The van der Waals surface area contributed by atoms with Crippen molar-refractivity contribution in [2.24, 2.45) is 0 Å². The van der Waals surface area contributed by atoms with E-state index in [1.807, 2.05) is 6.07 Å². The lowest BCUT2D eigenvalue weighted by Crippen LogP contribution is -2.21. The second kappa shape index (κ2) is 4.38. The maximum absolute atomic E-state index is 8.82. The molecule has 11 heavy (non-hydrogen) atoms. The van der Waals surface area contributed by atoms with Crippen LogP contribution in [0.5, 0.6) is 5.75 Å². The number of rotatable bonds is 3. The third-order valence-corrected chi connectivity index (χ3v) is 1.38. The Morgan fingerprint density at radius 3 is 2.45 bits per heavy atom. The third kappa shape index (κ3) is 2.92. The monoisotopic (exact) mass is 216 g/mol. The van der Waals surface area contributed by atoms with Crippen molar-refractivity contribution in [2.75, 3.05) is 0 Å². The second-order valence-corrected chi connectivity index (χ2v) is 2.20. The van der Waals surface area contributed by atoms with Crippen LogP contribution < -0.4 is 4.65 Å². The van der Waals surface area contributed by atoms with Crippen molar-refractivity contribution in [3.63, 3.8) is 0 Å². The highest BCUT2D eigenvalue weighted by molar-refractivity contribution is 9.06. The SMILES string of the molecule is OB(OBr)Oc1ccccc1. The molecule has 58 valence electrons. The van der Waals surface area contributed by atoms with Crippen LogP contribution in [0.4, 0.5) is 0 Å². The summed E-state index contributed by atoms with van der Waals surface area (Å²) in [5.41, 5.74) is 0. The van der Waals surface area contributed by atoms with Gasteiger partial charge < -0.3 is 9.68 Å². The van der Waals surface area contributed by atoms with E-state index in [0.29, 0.717) is 5.75 Å². The van der Waals surface area contributed by atoms with Crippen molar-refractivity contribution in [3.8, 4) is 5.75 Å². The van der Waals surface area contributed by atoms with E-state index < -0.39 is 7.32 Å². The number of benzene rings is 1. The van der Waals surface area contributed by atoms with Gasteiger partial charge in [0, 0.05) is 0 Å². The molecule has 0 saturated heterocycles. The summed E-state index contributed by atoms with van der Waals surface area (Å²) in [5, 5.41) is 8.82. The van der Waals surface area contributed by atoms with E-state index >= 15 is 0 Å². The highest BCUT2D eigenvalue weighted by Crippen LogP contribution is 2.09. The van der Waals surface area contributed by atoms with Crippen LogP contribution in [0.25, 0.3) is 0 Å². The highest BCUT2D eigenvalue weighted by atomic mass is 79.9. The van der Waals surface area contributed by atoms with Gasteiger partial charge in [-0.15, -0.1) is 0 Å². The van der Waals surface area contributed by atoms with Crippen LogP contribution in [0.2, 0.25) is 0 Å². The first kappa shape index (κ1) is 8.58. The van der Waals surface area contributed by atoms with Gasteiger partial charge in [0.15, 0.2) is 0 Å². The minimum atomic E-state index is -1.27. The van der Waals surface area contributed by atoms with E-state index in [0.717, 1.165) is 0 Å². The van der Waals surface area contributed by atoms with Crippen molar-refractivity contribution >= 4 is 23.6 Å². The van der Waals surface area contributed by atoms with Gasteiger partial charge in [-0.05, 0) is 12.1 Å². The number of hydrogen-bond acceptors (Lipinski definition) is 3. The molecule has 0 unspecified atom stereocenters. The van der Waals surface area contributed by atoms with Crippen LogP contribution in [0, 0.1) is 0 Å². The smallest absolute Gasteiger partial charge is 0.511 e. The zero-order valence-electron chi connectivity index (χ0n) is 5.61. The Morgan fingerprint density at radius 2 is 1.91 bits per heavy atom. The van der Waals surface area contributed by atoms with E-state index in [-0.39, 0.29) is 0 Å². The molecule has 0 atom stereocenters. The molecule has 0 aromatic heterocycles. The fourth-order valence-corrected chi connectivity index (χ4v) is 0.710. The van der Waals surface area contributed by atoms with Crippen LogP contribution in [0.1, 0.15) is 0 Å². The lowest BCUT2D eigenvalue weighted by molar-refractivity contribution is 0.325. The Labute approximate surface area is 73.6 Å². The van der Waals surface area contributed by atoms with Crippen molar-refractivity contribution in [2.45, 2.75) is 0 Å². The number of halogens is 1. The third-order valence-electron chi connectivity index (χ3n) is 1.06. The summed E-state index contributed by atoms with van der Waals surface area (Å²) in [6.45, 7) is 0. The molecule has 1 rings (SSSR count). The molecule has 1 aromatic rings. The number of para-hydroxylation sites is 1. The predicted octanol–water partition coefficient (Wildman–Crippen LogP) is 1.37. The Morgan fingerprint density at radius 1 is 1.27 bits per heavy atom. The zero-order valence-corrected chi connectivity index (χ0v) is 7.19.